The lowest BCUT2D eigenvalue weighted by atomic mass is 10.1. The number of rotatable bonds is 5. The molecule has 2 aliphatic heterocycles. The van der Waals surface area contributed by atoms with Gasteiger partial charge in [-0.3, -0.25) is 4.79 Å². The summed E-state index contributed by atoms with van der Waals surface area (Å²) in [7, 11) is -3.49. The van der Waals surface area contributed by atoms with Crippen LogP contribution in [-0.2, 0) is 21.2 Å². The summed E-state index contributed by atoms with van der Waals surface area (Å²) in [6.45, 7) is 2.46. The molecule has 2 heterocycles. The number of hydrogen-bond acceptors (Lipinski definition) is 4. The van der Waals surface area contributed by atoms with Crippen LogP contribution in [0.5, 0.6) is 0 Å². The molecule has 0 radical (unpaired) electrons. The summed E-state index contributed by atoms with van der Waals surface area (Å²) in [5, 5.41) is 6.10. The van der Waals surface area contributed by atoms with Crippen LogP contribution in [-0.4, -0.2) is 34.0 Å². The SMILES string of the molecule is Cl.O=C1CCCc2cc(S(=O)(=O)NCCC3CCNC3)ccc2N1. The van der Waals surface area contributed by atoms with Crippen molar-refractivity contribution in [3.63, 3.8) is 0 Å². The van der Waals surface area contributed by atoms with Gasteiger partial charge in [-0.25, -0.2) is 13.1 Å². The van der Waals surface area contributed by atoms with E-state index in [-0.39, 0.29) is 23.2 Å². The van der Waals surface area contributed by atoms with Gasteiger partial charge in [0.05, 0.1) is 4.90 Å². The van der Waals surface area contributed by atoms with Crippen molar-refractivity contribution >= 4 is 34.0 Å². The summed E-state index contributed by atoms with van der Waals surface area (Å²) in [5.41, 5.74) is 1.61. The summed E-state index contributed by atoms with van der Waals surface area (Å²) in [5.74, 6) is 0.544. The summed E-state index contributed by atoms with van der Waals surface area (Å²) in [6, 6.07) is 4.93. The molecule has 2 aliphatic rings. The van der Waals surface area contributed by atoms with E-state index < -0.39 is 10.0 Å². The second-order valence-electron chi connectivity index (χ2n) is 6.27. The van der Waals surface area contributed by atoms with Crippen LogP contribution in [0.3, 0.4) is 0 Å². The highest BCUT2D eigenvalue weighted by atomic mass is 35.5. The fourth-order valence-corrected chi connectivity index (χ4v) is 4.26. The van der Waals surface area contributed by atoms with Gasteiger partial charge in [-0.1, -0.05) is 0 Å². The topological polar surface area (TPSA) is 87.3 Å². The zero-order chi connectivity index (χ0) is 16.3. The molecule has 0 bridgehead atoms. The van der Waals surface area contributed by atoms with Gasteiger partial charge in [0.25, 0.3) is 0 Å². The van der Waals surface area contributed by atoms with E-state index in [0.29, 0.717) is 25.3 Å². The van der Waals surface area contributed by atoms with Crippen molar-refractivity contribution in [2.75, 3.05) is 25.0 Å². The number of halogens is 1. The summed E-state index contributed by atoms with van der Waals surface area (Å²) in [4.78, 5) is 11.8. The normalized spacial score (nSPS) is 20.7. The number of carbonyl (C=O) groups excluding carboxylic acids is 1. The Morgan fingerprint density at radius 1 is 1.25 bits per heavy atom. The fourth-order valence-electron chi connectivity index (χ4n) is 3.16. The average molecular weight is 374 g/mol. The zero-order valence-electron chi connectivity index (χ0n) is 13.5. The van der Waals surface area contributed by atoms with Crippen LogP contribution in [0.1, 0.15) is 31.2 Å². The molecule has 0 aliphatic carbocycles. The van der Waals surface area contributed by atoms with E-state index in [2.05, 4.69) is 15.4 Å². The number of benzene rings is 1. The molecule has 0 spiro atoms. The van der Waals surface area contributed by atoms with Gasteiger partial charge in [0.2, 0.25) is 15.9 Å². The first-order chi connectivity index (χ1) is 11.0. The van der Waals surface area contributed by atoms with Gasteiger partial charge in [0.1, 0.15) is 0 Å². The first-order valence-corrected chi connectivity index (χ1v) is 9.66. The maximum atomic E-state index is 12.4. The van der Waals surface area contributed by atoms with Gasteiger partial charge in [0, 0.05) is 18.7 Å². The van der Waals surface area contributed by atoms with Crippen LogP contribution in [0.4, 0.5) is 5.69 Å². The van der Waals surface area contributed by atoms with E-state index in [1.165, 1.54) is 0 Å². The number of amides is 1. The summed E-state index contributed by atoms with van der Waals surface area (Å²) >= 11 is 0. The smallest absolute Gasteiger partial charge is 0.240 e. The standard InChI is InChI=1S/C16H23N3O3S.ClH/c20-16-3-1-2-13-10-14(4-5-15(13)19-16)23(21,22)18-9-7-12-6-8-17-11-12;/h4-5,10,12,17-18H,1-3,6-9,11H2,(H,19,20);1H. The molecule has 1 saturated heterocycles. The molecule has 1 fully saturated rings. The third-order valence-electron chi connectivity index (χ3n) is 4.52. The van der Waals surface area contributed by atoms with Crippen LogP contribution in [0, 0.1) is 5.92 Å². The Morgan fingerprint density at radius 3 is 2.83 bits per heavy atom. The molecule has 1 aromatic rings. The Balaban J connectivity index is 0.00000208. The number of carbonyl (C=O) groups is 1. The molecule has 134 valence electrons. The van der Waals surface area contributed by atoms with Crippen molar-refractivity contribution in [3.05, 3.63) is 23.8 Å². The van der Waals surface area contributed by atoms with Crippen molar-refractivity contribution in [3.8, 4) is 0 Å². The number of anilines is 1. The maximum absolute atomic E-state index is 12.4. The Kier molecular flexibility index (Phi) is 6.62. The van der Waals surface area contributed by atoms with Crippen LogP contribution >= 0.6 is 12.4 Å². The zero-order valence-corrected chi connectivity index (χ0v) is 15.1. The quantitative estimate of drug-likeness (QED) is 0.732. The van der Waals surface area contributed by atoms with E-state index in [4.69, 9.17) is 0 Å². The number of nitrogens with one attached hydrogen (secondary N) is 3. The molecule has 1 aromatic carbocycles. The Bertz CT molecular complexity index is 688. The van der Waals surface area contributed by atoms with Crippen molar-refractivity contribution in [2.24, 2.45) is 5.92 Å². The number of sulfonamides is 1. The van der Waals surface area contributed by atoms with Gasteiger partial charge < -0.3 is 10.6 Å². The van der Waals surface area contributed by atoms with E-state index >= 15 is 0 Å². The molecular formula is C16H24ClN3O3S. The van der Waals surface area contributed by atoms with E-state index in [0.717, 1.165) is 43.6 Å². The first-order valence-electron chi connectivity index (χ1n) is 8.18. The van der Waals surface area contributed by atoms with Crippen LogP contribution in [0.15, 0.2) is 23.1 Å². The summed E-state index contributed by atoms with van der Waals surface area (Å²) in [6.07, 6.45) is 3.90. The van der Waals surface area contributed by atoms with Gasteiger partial charge in [0.15, 0.2) is 0 Å². The van der Waals surface area contributed by atoms with Gasteiger partial charge >= 0.3 is 0 Å². The molecule has 3 N–H and O–H groups in total. The largest absolute Gasteiger partial charge is 0.326 e. The maximum Gasteiger partial charge on any atom is 0.240 e. The van der Waals surface area contributed by atoms with Crippen LogP contribution in [0.25, 0.3) is 0 Å². The second kappa shape index (κ2) is 8.29. The van der Waals surface area contributed by atoms with Crippen molar-refractivity contribution in [1.82, 2.24) is 10.0 Å². The lowest BCUT2D eigenvalue weighted by Gasteiger charge is -2.12. The van der Waals surface area contributed by atoms with Crippen LogP contribution in [0.2, 0.25) is 0 Å². The molecule has 0 aromatic heterocycles. The number of fused-ring (bicyclic) bond motifs is 1. The lowest BCUT2D eigenvalue weighted by Crippen LogP contribution is -2.26. The van der Waals surface area contributed by atoms with Gasteiger partial charge in [-0.05, 0) is 68.5 Å². The highest BCUT2D eigenvalue weighted by Gasteiger charge is 2.20. The summed E-state index contributed by atoms with van der Waals surface area (Å²) < 4.78 is 27.5. The average Bonchev–Trinajstić information content (AvgIpc) is 2.94. The minimum Gasteiger partial charge on any atom is -0.326 e. The Morgan fingerprint density at radius 2 is 2.08 bits per heavy atom. The second-order valence-corrected chi connectivity index (χ2v) is 8.03. The number of aryl methyl sites for hydroxylation is 1. The molecule has 8 heteroatoms. The molecule has 24 heavy (non-hydrogen) atoms. The number of hydrogen-bond donors (Lipinski definition) is 3. The minimum atomic E-state index is -3.49. The van der Waals surface area contributed by atoms with Crippen molar-refractivity contribution in [2.45, 2.75) is 37.0 Å². The highest BCUT2D eigenvalue weighted by Crippen LogP contribution is 2.25. The van der Waals surface area contributed by atoms with E-state index in [9.17, 15) is 13.2 Å². The van der Waals surface area contributed by atoms with E-state index in [1.807, 2.05) is 0 Å². The third kappa shape index (κ3) is 4.69. The molecule has 1 atom stereocenters. The third-order valence-corrected chi connectivity index (χ3v) is 5.98. The van der Waals surface area contributed by atoms with Crippen molar-refractivity contribution in [1.29, 1.82) is 0 Å². The van der Waals surface area contributed by atoms with Crippen LogP contribution < -0.4 is 15.4 Å². The molecule has 6 nitrogen and oxygen atoms in total. The molecule has 0 saturated carbocycles. The molecule has 1 unspecified atom stereocenters. The first kappa shape index (κ1) is 19.2. The Hall–Kier alpha value is -1.15. The monoisotopic (exact) mass is 373 g/mol. The van der Waals surface area contributed by atoms with E-state index in [1.54, 1.807) is 18.2 Å². The predicted octanol–water partition coefficient (Wildman–Crippen LogP) is 1.66. The lowest BCUT2D eigenvalue weighted by molar-refractivity contribution is -0.116. The minimum absolute atomic E-state index is 0. The fraction of sp³-hybridized carbons (Fsp3) is 0.562. The molecule has 3 rings (SSSR count). The van der Waals surface area contributed by atoms with Gasteiger partial charge in [-0.2, -0.15) is 0 Å². The van der Waals surface area contributed by atoms with Gasteiger partial charge in [-0.15, -0.1) is 12.4 Å². The molecule has 1 amide bonds. The predicted molar refractivity (Wildman–Crippen MR) is 96.0 cm³/mol. The van der Waals surface area contributed by atoms with Crippen molar-refractivity contribution < 1.29 is 13.2 Å². The molecular weight excluding hydrogens is 350 g/mol. The highest BCUT2D eigenvalue weighted by molar-refractivity contribution is 7.89. The Labute approximate surface area is 149 Å².